The molecule has 0 radical (unpaired) electrons. The van der Waals surface area contributed by atoms with Gasteiger partial charge < -0.3 is 124 Å². The third-order valence-electron chi connectivity index (χ3n) is 22.4. The number of benzene rings is 4. The van der Waals surface area contributed by atoms with Gasteiger partial charge in [0.15, 0.2) is 94.8 Å². The van der Waals surface area contributed by atoms with Crippen LogP contribution in [-0.4, -0.2) is 235 Å². The van der Waals surface area contributed by atoms with Gasteiger partial charge >= 0.3 is 0 Å². The molecule has 21 rings (SSSR count). The van der Waals surface area contributed by atoms with E-state index in [2.05, 4.69) is 9.97 Å². The van der Waals surface area contributed by atoms with Gasteiger partial charge in [0.05, 0.1) is 21.9 Å². The summed E-state index contributed by atoms with van der Waals surface area (Å²) in [5.41, 5.74) is 3.51. The summed E-state index contributed by atoms with van der Waals surface area (Å²) in [5, 5.41) is 2.29. The molecule has 20 atom stereocenters. The molecule has 32 nitrogen and oxygen atoms in total. The molecule has 7 aromatic rings. The molecule has 0 aliphatic carbocycles. The van der Waals surface area contributed by atoms with Crippen molar-refractivity contribution in [2.45, 2.75) is 280 Å². The lowest BCUT2D eigenvalue weighted by Gasteiger charge is -2.37. The van der Waals surface area contributed by atoms with Crippen LogP contribution in [0.5, 0.6) is 23.0 Å². The molecule has 4 aromatic carbocycles. The van der Waals surface area contributed by atoms with E-state index >= 15 is 0 Å². The first-order valence-corrected chi connectivity index (χ1v) is 38.5. The number of nitrogens with zero attached hydrogens (tertiary/aromatic N) is 6. The molecular weight excluding hydrogens is 1460 g/mol. The first-order chi connectivity index (χ1) is 53.2. The second-order valence-corrected chi connectivity index (χ2v) is 34.4. The second-order valence-electron chi connectivity index (χ2n) is 34.4. The Kier molecular flexibility index (Phi) is 16.2. The molecule has 0 amide bonds. The van der Waals surface area contributed by atoms with E-state index in [-0.39, 0.29) is 49.7 Å². The van der Waals surface area contributed by atoms with Crippen LogP contribution in [0.15, 0.2) is 72.8 Å². The van der Waals surface area contributed by atoms with Crippen LogP contribution in [0.4, 0.5) is 0 Å². The average Bonchev–Trinajstić information content (AvgIpc) is 1.60. The number of hydrogen-bond donors (Lipinski definition) is 2. The summed E-state index contributed by atoms with van der Waals surface area (Å²) < 4.78 is 158. The molecule has 0 unspecified atom stereocenters. The quantitative estimate of drug-likeness (QED) is 0.115. The van der Waals surface area contributed by atoms with Crippen molar-refractivity contribution in [3.8, 4) is 68.5 Å². The van der Waals surface area contributed by atoms with E-state index < -0.39 is 169 Å². The highest BCUT2D eigenvalue weighted by molar-refractivity contribution is 6.10. The molecule has 8 bridgehead atoms. The van der Waals surface area contributed by atoms with E-state index in [0.717, 1.165) is 0 Å². The fourth-order valence-corrected chi connectivity index (χ4v) is 18.3. The van der Waals surface area contributed by atoms with Crippen LogP contribution in [-0.2, 0) is 94.7 Å². The molecule has 12 saturated heterocycles. The van der Waals surface area contributed by atoms with Crippen molar-refractivity contribution in [3.63, 3.8) is 0 Å². The maximum Gasteiger partial charge on any atom is 0.190 e. The van der Waals surface area contributed by atoms with Crippen molar-refractivity contribution in [1.82, 2.24) is 39.9 Å². The summed E-state index contributed by atoms with van der Waals surface area (Å²) in [6, 6.07) is 22.7. The van der Waals surface area contributed by atoms with Gasteiger partial charge in [0.2, 0.25) is 0 Å². The van der Waals surface area contributed by atoms with Gasteiger partial charge in [0.25, 0.3) is 0 Å². The minimum absolute atomic E-state index is 0.0101. The van der Waals surface area contributed by atoms with Gasteiger partial charge in [-0.05, 0) is 135 Å². The third-order valence-corrected chi connectivity index (χ3v) is 22.4. The van der Waals surface area contributed by atoms with Crippen LogP contribution in [0.3, 0.4) is 0 Å². The van der Waals surface area contributed by atoms with Crippen molar-refractivity contribution < 1.29 is 114 Å². The molecule has 0 spiro atoms. The molecule has 3 aromatic heterocycles. The fraction of sp³-hybridized carbons (Fsp3) is 0.600. The number of rotatable bonds is 12. The van der Waals surface area contributed by atoms with Crippen LogP contribution >= 0.6 is 0 Å². The van der Waals surface area contributed by atoms with Crippen LogP contribution < -0.4 is 18.9 Å². The number of aromatic nitrogens is 8. The number of nitrogens with one attached hydrogen (secondary N) is 2. The summed E-state index contributed by atoms with van der Waals surface area (Å²) in [6.45, 7) is 29.7. The Hall–Kier alpha value is -7.36. The van der Waals surface area contributed by atoms with Gasteiger partial charge in [-0.15, -0.1) is 0 Å². The summed E-state index contributed by atoms with van der Waals surface area (Å²) in [4.78, 5) is 40.2. The fourth-order valence-electron chi connectivity index (χ4n) is 18.3. The molecule has 32 heteroatoms. The molecule has 594 valence electrons. The average molecular weight is 1550 g/mol. The lowest BCUT2D eigenvalue weighted by atomic mass is 9.99. The van der Waals surface area contributed by atoms with E-state index in [1.54, 1.807) is 0 Å². The highest BCUT2D eigenvalue weighted by atomic mass is 16.9. The number of H-pyrrole nitrogens is 2. The lowest BCUT2D eigenvalue weighted by molar-refractivity contribution is -0.238. The Bertz CT molecular complexity index is 4850. The minimum Gasteiger partial charge on any atom is -0.490 e. The maximum atomic E-state index is 7.03. The van der Waals surface area contributed by atoms with E-state index in [1.807, 2.05) is 184 Å². The molecule has 12 fully saturated rings. The summed E-state index contributed by atoms with van der Waals surface area (Å²) in [7, 11) is 0. The van der Waals surface area contributed by atoms with E-state index in [0.29, 0.717) is 89.4 Å². The van der Waals surface area contributed by atoms with Crippen molar-refractivity contribution in [3.05, 3.63) is 72.8 Å². The van der Waals surface area contributed by atoms with E-state index in [9.17, 15) is 0 Å². The number of fused-ring (bicyclic) bond motifs is 32. The molecule has 0 saturated carbocycles. The van der Waals surface area contributed by atoms with Crippen molar-refractivity contribution in [2.75, 3.05) is 26.4 Å². The molecule has 14 aliphatic rings. The first kappa shape index (κ1) is 72.3. The molecule has 2 N–H and O–H groups in total. The summed E-state index contributed by atoms with van der Waals surface area (Å²) >= 11 is 0. The molecule has 112 heavy (non-hydrogen) atoms. The highest BCUT2D eigenvalue weighted by Crippen LogP contribution is 2.52. The molecule has 17 heterocycles. The van der Waals surface area contributed by atoms with Crippen LogP contribution in [0.25, 0.3) is 89.7 Å². The van der Waals surface area contributed by atoms with Crippen LogP contribution in [0.1, 0.15) is 111 Å². The topological polar surface area (TPSA) is 330 Å². The zero-order valence-corrected chi connectivity index (χ0v) is 64.8. The first-order valence-electron chi connectivity index (χ1n) is 38.5. The number of aromatic amines is 2. The van der Waals surface area contributed by atoms with Crippen LogP contribution in [0, 0.1) is 0 Å². The monoisotopic (exact) mass is 1550 g/mol. The lowest BCUT2D eigenvalue weighted by Crippen LogP contribution is -2.56. The van der Waals surface area contributed by atoms with Gasteiger partial charge in [0, 0.05) is 21.9 Å². The van der Waals surface area contributed by atoms with E-state index in [1.165, 1.54) is 0 Å². The number of hydrogen-bond acceptors (Lipinski definition) is 30. The predicted octanol–water partition coefficient (Wildman–Crippen LogP) is 9.97. The SMILES string of the molecule is CC1(C)O[C@H]2[C@@H](O1)[C@@H](COc1cccc3c1-c1nc-3nc3[nH]c(nc4nc(nc5[nH]c(n1)c1cccc(OC[C@H]6O[C@@H]7OC(C)(C)O[C@@H]7[C@H]7OC(C)(C)O[C@H]76)c51)-c1cccc(OC[C@H]5O[C@@H]6OC(C)(C)O[C@@H]6[C@H]6OC(C)(C)O[C@H]65)c1-4)c1cccc(OC[C@H]4O[C@@H]5OC(C)(C)O[C@@H]5[C@H]5OC(C)(C)O[C@H]54)c31)O[C@@H]1OC(C)(C)O[C@@H]12. The normalized spacial score (nSPS) is 36.2. The standard InChI is InChI=1S/C80H90N8O24/c1-73(2)97-49-41(93-69-57(53(49)101-73)105-77(9,10)109-69)29-89-37-25-17-21-33-45(37)65-81-61(33)86-66-47-35(23-19-27-39(47)91-31-43-51-55(103-75(5,6)99-51)59-71(95-43)111-79(13,14)107-59)63(83-66)88-68-48-36(24-20-28-40(48)92-32-44-52-56(104-76(7,8)100-52)60-72(96-44)112-80(15,16)108-60)64(84-68)87-67-46-34(62(82-67)85-65)22-18-26-38(46)90-30-42-50-54(102-74(3,4)98-50)58-70(94-42)110-78(11,12)106-58/h17-28,41-44,49-60,69-72H,29-32H2,1-16H3,(H2,81,82,83,84,85,86,87,88)/t41-,42-,43-,44-,49+,50+,51+,52+,53+,54+,55+,56+,57-,58-,59-,60-,69-,70-,71-,72-/m1/s1. The Morgan fingerprint density at radius 3 is 0.830 bits per heavy atom. The Labute approximate surface area is 642 Å². The van der Waals surface area contributed by atoms with Gasteiger partial charge in [-0.1, -0.05) is 48.5 Å². The van der Waals surface area contributed by atoms with Crippen molar-refractivity contribution in [1.29, 1.82) is 0 Å². The largest absolute Gasteiger partial charge is 0.490 e. The Morgan fingerprint density at radius 2 is 0.518 bits per heavy atom. The van der Waals surface area contributed by atoms with Gasteiger partial charge in [-0.25, -0.2) is 29.9 Å². The highest BCUT2D eigenvalue weighted by Gasteiger charge is 2.66. The Morgan fingerprint density at radius 1 is 0.268 bits per heavy atom. The van der Waals surface area contributed by atoms with Gasteiger partial charge in [0.1, 0.15) is 170 Å². The molecule has 14 aliphatic heterocycles. The smallest absolute Gasteiger partial charge is 0.190 e. The molecular formula is C80H90N8O24. The van der Waals surface area contributed by atoms with Gasteiger partial charge in [-0.2, -0.15) is 0 Å². The second kappa shape index (κ2) is 25.1. The summed E-state index contributed by atoms with van der Waals surface area (Å²) in [6.07, 6.45) is -12.6. The zero-order chi connectivity index (χ0) is 77.0. The van der Waals surface area contributed by atoms with Crippen molar-refractivity contribution >= 4 is 44.1 Å². The van der Waals surface area contributed by atoms with Gasteiger partial charge in [-0.3, -0.25) is 0 Å². The number of ether oxygens (including phenoxy) is 24. The Balaban J connectivity index is 0.732. The van der Waals surface area contributed by atoms with Crippen LogP contribution in [0.2, 0.25) is 0 Å². The third kappa shape index (κ3) is 12.4. The van der Waals surface area contributed by atoms with E-state index in [4.69, 9.17) is 144 Å². The predicted molar refractivity (Wildman–Crippen MR) is 388 cm³/mol. The zero-order valence-electron chi connectivity index (χ0n) is 64.8. The van der Waals surface area contributed by atoms with Crippen molar-refractivity contribution in [2.24, 2.45) is 0 Å². The summed E-state index contributed by atoms with van der Waals surface area (Å²) in [5.74, 6) is -5.01. The maximum absolute atomic E-state index is 7.03. The minimum atomic E-state index is -0.965.